The fourth-order valence-corrected chi connectivity index (χ4v) is 2.29. The average Bonchev–Trinajstić information content (AvgIpc) is 2.43. The maximum absolute atomic E-state index is 5.64. The van der Waals surface area contributed by atoms with E-state index >= 15 is 0 Å². The van der Waals surface area contributed by atoms with E-state index in [0.29, 0.717) is 12.1 Å². The smallest absolute Gasteiger partial charge is 0.0673 e. The lowest BCUT2D eigenvalue weighted by Gasteiger charge is -2.23. The Labute approximate surface area is 101 Å². The minimum absolute atomic E-state index is 0.399. The molecule has 0 aromatic rings. The molecule has 0 saturated carbocycles. The highest BCUT2D eigenvalue weighted by Gasteiger charge is 2.14. The SMILES string of the molecule is CCCC(C)NCCN1CCCOC(C)C1. The average molecular weight is 228 g/mol. The summed E-state index contributed by atoms with van der Waals surface area (Å²) in [6.07, 6.45) is 4.12. The number of rotatable bonds is 6. The maximum Gasteiger partial charge on any atom is 0.0673 e. The third-order valence-electron chi connectivity index (χ3n) is 3.18. The lowest BCUT2D eigenvalue weighted by Crippen LogP contribution is -2.38. The third-order valence-corrected chi connectivity index (χ3v) is 3.18. The molecule has 1 fully saturated rings. The molecule has 1 N–H and O–H groups in total. The van der Waals surface area contributed by atoms with E-state index in [9.17, 15) is 0 Å². The van der Waals surface area contributed by atoms with Gasteiger partial charge < -0.3 is 10.1 Å². The molecule has 1 heterocycles. The number of hydrogen-bond acceptors (Lipinski definition) is 3. The van der Waals surface area contributed by atoms with E-state index in [4.69, 9.17) is 4.74 Å². The summed E-state index contributed by atoms with van der Waals surface area (Å²) >= 11 is 0. The number of hydrogen-bond donors (Lipinski definition) is 1. The van der Waals surface area contributed by atoms with Crippen LogP contribution in [-0.4, -0.2) is 49.8 Å². The molecule has 3 heteroatoms. The summed E-state index contributed by atoms with van der Waals surface area (Å²) in [5.41, 5.74) is 0. The van der Waals surface area contributed by atoms with Gasteiger partial charge in [0, 0.05) is 38.8 Å². The van der Waals surface area contributed by atoms with Crippen LogP contribution in [0.1, 0.15) is 40.0 Å². The first kappa shape index (κ1) is 13.9. The molecule has 1 aliphatic rings. The van der Waals surface area contributed by atoms with E-state index < -0.39 is 0 Å². The maximum atomic E-state index is 5.64. The normalized spacial score (nSPS) is 25.3. The summed E-state index contributed by atoms with van der Waals surface area (Å²) in [6, 6.07) is 0.658. The minimum atomic E-state index is 0.399. The largest absolute Gasteiger partial charge is 0.377 e. The third kappa shape index (κ3) is 5.83. The van der Waals surface area contributed by atoms with E-state index in [0.717, 1.165) is 26.2 Å². The molecule has 1 rings (SSSR count). The zero-order chi connectivity index (χ0) is 11.8. The van der Waals surface area contributed by atoms with Crippen molar-refractivity contribution in [2.45, 2.75) is 52.2 Å². The molecular weight excluding hydrogens is 200 g/mol. The van der Waals surface area contributed by atoms with Gasteiger partial charge in [0.25, 0.3) is 0 Å². The molecule has 0 spiro atoms. The van der Waals surface area contributed by atoms with Crippen molar-refractivity contribution in [3.05, 3.63) is 0 Å². The van der Waals surface area contributed by atoms with Gasteiger partial charge in [0.15, 0.2) is 0 Å². The molecule has 1 aliphatic heterocycles. The first-order chi connectivity index (χ1) is 7.72. The summed E-state index contributed by atoms with van der Waals surface area (Å²) < 4.78 is 5.64. The van der Waals surface area contributed by atoms with Crippen LogP contribution in [-0.2, 0) is 4.74 Å². The highest BCUT2D eigenvalue weighted by molar-refractivity contribution is 4.69. The lowest BCUT2D eigenvalue weighted by molar-refractivity contribution is 0.0678. The molecule has 0 amide bonds. The van der Waals surface area contributed by atoms with Crippen LogP contribution in [0.15, 0.2) is 0 Å². The van der Waals surface area contributed by atoms with Gasteiger partial charge in [-0.1, -0.05) is 13.3 Å². The predicted octanol–water partition coefficient (Wildman–Crippen LogP) is 1.88. The van der Waals surface area contributed by atoms with Crippen LogP contribution < -0.4 is 5.32 Å². The van der Waals surface area contributed by atoms with Crippen molar-refractivity contribution >= 4 is 0 Å². The van der Waals surface area contributed by atoms with Crippen molar-refractivity contribution in [1.82, 2.24) is 10.2 Å². The molecule has 0 aromatic heterocycles. The first-order valence-corrected chi connectivity index (χ1v) is 6.79. The van der Waals surface area contributed by atoms with Crippen molar-refractivity contribution in [3.63, 3.8) is 0 Å². The van der Waals surface area contributed by atoms with Crippen molar-refractivity contribution < 1.29 is 4.74 Å². The summed E-state index contributed by atoms with van der Waals surface area (Å²) in [4.78, 5) is 2.52. The second kappa shape index (κ2) is 8.04. The Kier molecular flexibility index (Phi) is 7.01. The fraction of sp³-hybridized carbons (Fsp3) is 1.00. The Bertz CT molecular complexity index is 175. The van der Waals surface area contributed by atoms with E-state index in [2.05, 4.69) is 31.0 Å². The second-order valence-corrected chi connectivity index (χ2v) is 4.98. The zero-order valence-corrected chi connectivity index (χ0v) is 11.2. The minimum Gasteiger partial charge on any atom is -0.377 e. The molecule has 0 aromatic carbocycles. The number of nitrogens with one attached hydrogen (secondary N) is 1. The second-order valence-electron chi connectivity index (χ2n) is 4.98. The quantitative estimate of drug-likeness (QED) is 0.751. The molecule has 3 nitrogen and oxygen atoms in total. The molecule has 0 aliphatic carbocycles. The Morgan fingerprint density at radius 1 is 1.50 bits per heavy atom. The molecule has 0 radical (unpaired) electrons. The predicted molar refractivity (Wildman–Crippen MR) is 68.8 cm³/mol. The highest BCUT2D eigenvalue weighted by Crippen LogP contribution is 2.04. The van der Waals surface area contributed by atoms with Crippen LogP contribution in [0.3, 0.4) is 0 Å². The molecular formula is C13H28N2O. The van der Waals surface area contributed by atoms with Gasteiger partial charge >= 0.3 is 0 Å². The molecule has 0 bridgehead atoms. The number of nitrogens with zero attached hydrogens (tertiary/aromatic N) is 1. The van der Waals surface area contributed by atoms with Crippen molar-refractivity contribution in [2.24, 2.45) is 0 Å². The van der Waals surface area contributed by atoms with E-state index in [1.807, 2.05) is 0 Å². The van der Waals surface area contributed by atoms with Crippen molar-refractivity contribution in [2.75, 3.05) is 32.8 Å². The molecule has 2 unspecified atom stereocenters. The molecule has 1 saturated heterocycles. The van der Waals surface area contributed by atoms with Gasteiger partial charge in [-0.3, -0.25) is 4.90 Å². The highest BCUT2D eigenvalue weighted by atomic mass is 16.5. The van der Waals surface area contributed by atoms with Crippen molar-refractivity contribution in [1.29, 1.82) is 0 Å². The van der Waals surface area contributed by atoms with E-state index in [1.54, 1.807) is 0 Å². The zero-order valence-electron chi connectivity index (χ0n) is 11.2. The topological polar surface area (TPSA) is 24.5 Å². The van der Waals surface area contributed by atoms with E-state index in [-0.39, 0.29) is 0 Å². The van der Waals surface area contributed by atoms with Crippen molar-refractivity contribution in [3.8, 4) is 0 Å². The number of ether oxygens (including phenoxy) is 1. The Balaban J connectivity index is 2.11. The lowest BCUT2D eigenvalue weighted by atomic mass is 10.2. The monoisotopic (exact) mass is 228 g/mol. The standard InChI is InChI=1S/C13H28N2O/c1-4-6-12(2)14-7-9-15-8-5-10-16-13(3)11-15/h12-14H,4-11H2,1-3H3. The van der Waals surface area contributed by atoms with Crippen LogP contribution in [0.4, 0.5) is 0 Å². The van der Waals surface area contributed by atoms with Crippen LogP contribution in [0.5, 0.6) is 0 Å². The Morgan fingerprint density at radius 2 is 2.31 bits per heavy atom. The first-order valence-electron chi connectivity index (χ1n) is 6.79. The van der Waals surface area contributed by atoms with Gasteiger partial charge in [0.1, 0.15) is 0 Å². The summed E-state index contributed by atoms with van der Waals surface area (Å²) in [5, 5.41) is 3.58. The Morgan fingerprint density at radius 3 is 3.06 bits per heavy atom. The van der Waals surface area contributed by atoms with Gasteiger partial charge in [0.05, 0.1) is 6.10 Å². The van der Waals surface area contributed by atoms with Crippen LogP contribution >= 0.6 is 0 Å². The van der Waals surface area contributed by atoms with Crippen LogP contribution in [0, 0.1) is 0 Å². The fourth-order valence-electron chi connectivity index (χ4n) is 2.29. The van der Waals surface area contributed by atoms with Crippen LogP contribution in [0.25, 0.3) is 0 Å². The van der Waals surface area contributed by atoms with Gasteiger partial charge in [0.2, 0.25) is 0 Å². The van der Waals surface area contributed by atoms with Gasteiger partial charge in [-0.25, -0.2) is 0 Å². The summed E-state index contributed by atoms with van der Waals surface area (Å²) in [5.74, 6) is 0. The van der Waals surface area contributed by atoms with E-state index in [1.165, 1.54) is 25.8 Å². The summed E-state index contributed by atoms with van der Waals surface area (Å²) in [7, 11) is 0. The van der Waals surface area contributed by atoms with Gasteiger partial charge in [-0.2, -0.15) is 0 Å². The molecule has 16 heavy (non-hydrogen) atoms. The molecule has 2 atom stereocenters. The Hall–Kier alpha value is -0.120. The summed E-state index contributed by atoms with van der Waals surface area (Å²) in [6.45, 7) is 12.2. The molecule has 96 valence electrons. The van der Waals surface area contributed by atoms with Crippen LogP contribution in [0.2, 0.25) is 0 Å². The van der Waals surface area contributed by atoms with Gasteiger partial charge in [-0.05, 0) is 26.7 Å². The van der Waals surface area contributed by atoms with Gasteiger partial charge in [-0.15, -0.1) is 0 Å².